The minimum atomic E-state index is -0.826. The lowest BCUT2D eigenvalue weighted by atomic mass is 9.86. The lowest BCUT2D eigenvalue weighted by molar-refractivity contribution is -0.137. The first kappa shape index (κ1) is 17.7. The Labute approximate surface area is 167 Å². The molecule has 7 heteroatoms. The van der Waals surface area contributed by atoms with E-state index in [1.165, 1.54) is 0 Å². The molecule has 0 atom stereocenters. The number of hydrogen-bond acceptors (Lipinski definition) is 6. The molecule has 2 heterocycles. The quantitative estimate of drug-likeness (QED) is 0.481. The number of carbonyl (C=O) groups excluding carboxylic acids is 1. The number of carboxylic acid groups (broad SMARTS) is 1. The molecular weight excluding hydrogens is 370 g/mol. The molecule has 0 spiro atoms. The van der Waals surface area contributed by atoms with E-state index in [1.54, 1.807) is 6.07 Å². The van der Waals surface area contributed by atoms with Crippen molar-refractivity contribution in [1.82, 2.24) is 5.16 Å². The fourth-order valence-corrected chi connectivity index (χ4v) is 4.34. The van der Waals surface area contributed by atoms with Crippen molar-refractivity contribution in [2.75, 3.05) is 29.9 Å². The lowest BCUT2D eigenvalue weighted by Crippen LogP contribution is -2.20. The summed E-state index contributed by atoms with van der Waals surface area (Å²) >= 11 is 0. The van der Waals surface area contributed by atoms with E-state index in [4.69, 9.17) is 9.63 Å². The van der Waals surface area contributed by atoms with Gasteiger partial charge in [0.1, 0.15) is 5.52 Å². The predicted molar refractivity (Wildman–Crippen MR) is 110 cm³/mol. The van der Waals surface area contributed by atoms with Gasteiger partial charge in [0, 0.05) is 42.9 Å². The first-order valence-corrected chi connectivity index (χ1v) is 9.96. The smallest absolute Gasteiger partial charge is 0.303 e. The monoisotopic (exact) mass is 391 g/mol. The molecule has 1 aromatic heterocycles. The van der Waals surface area contributed by atoms with E-state index in [2.05, 4.69) is 15.4 Å². The second-order valence-electron chi connectivity index (χ2n) is 7.55. The van der Waals surface area contributed by atoms with Crippen LogP contribution >= 0.6 is 0 Å². The topological polar surface area (TPSA) is 95.7 Å². The van der Waals surface area contributed by atoms with Gasteiger partial charge in [0.2, 0.25) is 0 Å². The number of aliphatic carboxylic acids is 1. The molecule has 3 aromatic rings. The summed E-state index contributed by atoms with van der Waals surface area (Å²) in [5.74, 6) is -0.262. The SMILES string of the molecule is O=C(O)CCCNc1cc(N2CCCC2)c2noc3c2c1C(=O)c1ccccc1-3. The zero-order chi connectivity index (χ0) is 20.0. The zero-order valence-corrected chi connectivity index (χ0v) is 15.9. The Morgan fingerprint density at radius 3 is 2.72 bits per heavy atom. The number of ketones is 1. The third-order valence-corrected chi connectivity index (χ3v) is 5.71. The summed E-state index contributed by atoms with van der Waals surface area (Å²) < 4.78 is 5.75. The second kappa shape index (κ2) is 6.92. The molecule has 0 radical (unpaired) electrons. The van der Waals surface area contributed by atoms with E-state index in [0.717, 1.165) is 48.1 Å². The number of anilines is 2. The number of carboxylic acids is 1. The Balaban J connectivity index is 1.67. The summed E-state index contributed by atoms with van der Waals surface area (Å²) in [6, 6.07) is 9.40. The number of nitrogens with one attached hydrogen (secondary N) is 1. The van der Waals surface area contributed by atoms with E-state index in [0.29, 0.717) is 35.5 Å². The van der Waals surface area contributed by atoms with Gasteiger partial charge in [-0.2, -0.15) is 0 Å². The molecule has 0 unspecified atom stereocenters. The maximum absolute atomic E-state index is 13.4. The summed E-state index contributed by atoms with van der Waals surface area (Å²) in [6.07, 6.45) is 2.81. The molecule has 0 saturated carbocycles. The summed E-state index contributed by atoms with van der Waals surface area (Å²) in [4.78, 5) is 26.5. The highest BCUT2D eigenvalue weighted by Gasteiger charge is 2.33. The van der Waals surface area contributed by atoms with Crippen LogP contribution < -0.4 is 10.2 Å². The largest absolute Gasteiger partial charge is 0.481 e. The lowest BCUT2D eigenvalue weighted by Gasteiger charge is -2.23. The standard InChI is InChI=1S/C22H21N3O4/c26-17(27)8-5-9-23-15-12-16(25-10-3-4-11-25)20-19-18(15)21(28)13-6-1-2-7-14(13)22(19)29-24-20/h1-2,6-7,12,23H,3-5,8-11H2,(H,26,27). The fourth-order valence-electron chi connectivity index (χ4n) is 4.34. The van der Waals surface area contributed by atoms with Crippen LogP contribution in [-0.4, -0.2) is 41.7 Å². The van der Waals surface area contributed by atoms with Gasteiger partial charge in [-0.05, 0) is 25.3 Å². The number of aromatic nitrogens is 1. The van der Waals surface area contributed by atoms with Crippen molar-refractivity contribution >= 4 is 34.0 Å². The van der Waals surface area contributed by atoms with E-state index in [1.807, 2.05) is 24.3 Å². The van der Waals surface area contributed by atoms with Crippen LogP contribution in [0.4, 0.5) is 11.4 Å². The molecule has 1 saturated heterocycles. The first-order chi connectivity index (χ1) is 14.1. The maximum atomic E-state index is 13.4. The predicted octanol–water partition coefficient (Wildman–Crippen LogP) is 3.92. The van der Waals surface area contributed by atoms with Crippen LogP contribution in [-0.2, 0) is 4.79 Å². The number of benzene rings is 2. The van der Waals surface area contributed by atoms with Crippen molar-refractivity contribution in [3.05, 3.63) is 41.5 Å². The summed E-state index contributed by atoms with van der Waals surface area (Å²) in [5.41, 5.74) is 4.32. The molecular formula is C22H21N3O4. The summed E-state index contributed by atoms with van der Waals surface area (Å²) in [7, 11) is 0. The molecule has 0 amide bonds. The van der Waals surface area contributed by atoms with Crippen LogP contribution in [0.1, 0.15) is 41.6 Å². The highest BCUT2D eigenvalue weighted by atomic mass is 16.5. The number of nitrogens with zero attached hydrogens (tertiary/aromatic N) is 2. The van der Waals surface area contributed by atoms with Crippen molar-refractivity contribution < 1.29 is 19.2 Å². The molecule has 2 aromatic carbocycles. The van der Waals surface area contributed by atoms with Gasteiger partial charge in [-0.15, -0.1) is 0 Å². The Kier molecular flexibility index (Phi) is 4.23. The maximum Gasteiger partial charge on any atom is 0.303 e. The molecule has 2 N–H and O–H groups in total. The van der Waals surface area contributed by atoms with Crippen LogP contribution in [0.2, 0.25) is 0 Å². The third-order valence-electron chi connectivity index (χ3n) is 5.71. The number of hydrogen-bond donors (Lipinski definition) is 2. The summed E-state index contributed by atoms with van der Waals surface area (Å²) in [5, 5.41) is 17.3. The van der Waals surface area contributed by atoms with E-state index in [-0.39, 0.29) is 12.2 Å². The molecule has 29 heavy (non-hydrogen) atoms. The van der Waals surface area contributed by atoms with Gasteiger partial charge in [-0.3, -0.25) is 9.59 Å². The van der Waals surface area contributed by atoms with Gasteiger partial charge in [0.05, 0.1) is 16.6 Å². The second-order valence-corrected chi connectivity index (χ2v) is 7.55. The van der Waals surface area contributed by atoms with Crippen molar-refractivity contribution in [3.63, 3.8) is 0 Å². The van der Waals surface area contributed by atoms with Crippen LogP contribution in [0.3, 0.4) is 0 Å². The molecule has 5 rings (SSSR count). The number of rotatable bonds is 6. The van der Waals surface area contributed by atoms with Crippen LogP contribution in [0.5, 0.6) is 0 Å². The van der Waals surface area contributed by atoms with Crippen LogP contribution in [0.15, 0.2) is 34.9 Å². The minimum Gasteiger partial charge on any atom is -0.481 e. The average Bonchev–Trinajstić information content (AvgIpc) is 3.40. The molecule has 0 bridgehead atoms. The van der Waals surface area contributed by atoms with Gasteiger partial charge >= 0.3 is 5.97 Å². The Hall–Kier alpha value is -3.35. The number of carbonyl (C=O) groups is 2. The molecule has 7 nitrogen and oxygen atoms in total. The highest BCUT2D eigenvalue weighted by molar-refractivity contribution is 6.28. The summed E-state index contributed by atoms with van der Waals surface area (Å²) in [6.45, 7) is 2.36. The van der Waals surface area contributed by atoms with Gasteiger partial charge in [0.25, 0.3) is 0 Å². The Bertz CT molecular complexity index is 1130. The van der Waals surface area contributed by atoms with Gasteiger partial charge in [0.15, 0.2) is 11.5 Å². The van der Waals surface area contributed by atoms with Crippen molar-refractivity contribution in [2.24, 2.45) is 0 Å². The molecule has 1 fully saturated rings. The van der Waals surface area contributed by atoms with E-state index >= 15 is 0 Å². The van der Waals surface area contributed by atoms with Crippen LogP contribution in [0, 0.1) is 0 Å². The van der Waals surface area contributed by atoms with Crippen molar-refractivity contribution in [1.29, 1.82) is 0 Å². The van der Waals surface area contributed by atoms with Gasteiger partial charge in [-0.1, -0.05) is 29.4 Å². The van der Waals surface area contributed by atoms with Crippen LogP contribution in [0.25, 0.3) is 22.2 Å². The molecule has 148 valence electrons. The Morgan fingerprint density at radius 1 is 1.21 bits per heavy atom. The molecule has 1 aliphatic carbocycles. The van der Waals surface area contributed by atoms with E-state index in [9.17, 15) is 9.59 Å². The van der Waals surface area contributed by atoms with Gasteiger partial charge < -0.3 is 19.8 Å². The fraction of sp³-hybridized carbons (Fsp3) is 0.318. The molecule has 2 aliphatic rings. The average molecular weight is 391 g/mol. The normalized spacial score (nSPS) is 15.0. The molecule has 1 aliphatic heterocycles. The van der Waals surface area contributed by atoms with Crippen molar-refractivity contribution in [2.45, 2.75) is 25.7 Å². The van der Waals surface area contributed by atoms with Gasteiger partial charge in [-0.25, -0.2) is 0 Å². The minimum absolute atomic E-state index is 0.0602. The highest BCUT2D eigenvalue weighted by Crippen LogP contribution is 2.46. The zero-order valence-electron chi connectivity index (χ0n) is 15.9. The van der Waals surface area contributed by atoms with Crippen molar-refractivity contribution in [3.8, 4) is 11.3 Å². The van der Waals surface area contributed by atoms with E-state index < -0.39 is 5.97 Å². The third kappa shape index (κ3) is 2.85. The Morgan fingerprint density at radius 2 is 1.97 bits per heavy atom. The number of fused-ring (bicyclic) bond motifs is 2. The first-order valence-electron chi connectivity index (χ1n) is 9.96.